The van der Waals surface area contributed by atoms with Crippen LogP contribution in [0.2, 0.25) is 0 Å². The topological polar surface area (TPSA) is 116 Å². The van der Waals surface area contributed by atoms with Gasteiger partial charge in [0.2, 0.25) is 0 Å². The highest BCUT2D eigenvalue weighted by Gasteiger charge is 2.39. The Hall–Kier alpha value is -3.54. The molecule has 0 saturated heterocycles. The van der Waals surface area contributed by atoms with Crippen molar-refractivity contribution in [2.24, 2.45) is 11.8 Å². The molecule has 0 amide bonds. The number of hydrogen-bond acceptors (Lipinski definition) is 9. The van der Waals surface area contributed by atoms with Crippen molar-refractivity contribution in [2.45, 2.75) is 58.5 Å². The molecule has 1 atom stereocenters. The van der Waals surface area contributed by atoms with Crippen LogP contribution in [-0.2, 0) is 24.6 Å². The molecular formula is C32H40F2N4O5. The van der Waals surface area contributed by atoms with E-state index in [1.165, 1.54) is 18.3 Å². The average molecular weight is 599 g/mol. The number of pyridine rings is 3. The molecule has 1 unspecified atom stereocenters. The van der Waals surface area contributed by atoms with Gasteiger partial charge in [-0.2, -0.15) is 0 Å². The zero-order chi connectivity index (χ0) is 30.8. The third kappa shape index (κ3) is 8.98. The summed E-state index contributed by atoms with van der Waals surface area (Å²) < 4.78 is 42.2. The molecule has 0 bridgehead atoms. The van der Waals surface area contributed by atoms with E-state index >= 15 is 0 Å². The normalized spacial score (nSPS) is 18.3. The molecule has 4 rings (SSSR count). The van der Waals surface area contributed by atoms with E-state index in [2.05, 4.69) is 20.3 Å². The summed E-state index contributed by atoms with van der Waals surface area (Å²) in [5.74, 6) is 0.285. The summed E-state index contributed by atoms with van der Waals surface area (Å²) in [6, 6.07) is 9.93. The SMILES string of the molecule is CCOCCOCCOC(=O)C1CCC(C(C)(O)c2ccc(-c3cc(C)cc(Nc4cc(C(F)F)ccn4)n3)cn2)CC1. The van der Waals surface area contributed by atoms with E-state index in [0.717, 1.165) is 11.1 Å². The molecule has 232 valence electrons. The number of halogens is 2. The van der Waals surface area contributed by atoms with Gasteiger partial charge in [-0.05, 0) is 94.3 Å². The van der Waals surface area contributed by atoms with Crippen LogP contribution < -0.4 is 5.32 Å². The number of carbonyl (C=O) groups is 1. The first-order valence-corrected chi connectivity index (χ1v) is 14.7. The first kappa shape index (κ1) is 32.4. The van der Waals surface area contributed by atoms with Crippen LogP contribution in [0.3, 0.4) is 0 Å². The molecule has 0 aliphatic heterocycles. The summed E-state index contributed by atoms with van der Waals surface area (Å²) in [6.07, 6.45) is 3.04. The largest absolute Gasteiger partial charge is 0.463 e. The molecule has 0 aromatic carbocycles. The highest BCUT2D eigenvalue weighted by molar-refractivity contribution is 5.72. The Kier molecular flexibility index (Phi) is 11.5. The molecule has 0 radical (unpaired) electrons. The van der Waals surface area contributed by atoms with E-state index in [0.29, 0.717) is 69.3 Å². The molecule has 1 aliphatic carbocycles. The second-order valence-corrected chi connectivity index (χ2v) is 10.9. The van der Waals surface area contributed by atoms with Gasteiger partial charge in [0.15, 0.2) is 0 Å². The molecule has 1 aliphatic rings. The summed E-state index contributed by atoms with van der Waals surface area (Å²) >= 11 is 0. The number of carbonyl (C=O) groups excluding carboxylic acids is 1. The number of rotatable bonds is 14. The lowest BCUT2D eigenvalue weighted by Gasteiger charge is -2.37. The second kappa shape index (κ2) is 15.3. The van der Waals surface area contributed by atoms with Gasteiger partial charge in [-0.3, -0.25) is 9.78 Å². The summed E-state index contributed by atoms with van der Waals surface area (Å²) in [4.78, 5) is 25.8. The third-order valence-electron chi connectivity index (χ3n) is 7.74. The Balaban J connectivity index is 1.33. The van der Waals surface area contributed by atoms with Crippen LogP contribution in [0, 0.1) is 18.8 Å². The molecule has 1 saturated carbocycles. The van der Waals surface area contributed by atoms with E-state index in [1.807, 2.05) is 26.0 Å². The zero-order valence-electron chi connectivity index (χ0n) is 24.9. The monoisotopic (exact) mass is 598 g/mol. The van der Waals surface area contributed by atoms with Crippen LogP contribution in [0.1, 0.15) is 62.8 Å². The first-order chi connectivity index (χ1) is 20.7. The van der Waals surface area contributed by atoms with Gasteiger partial charge >= 0.3 is 5.97 Å². The van der Waals surface area contributed by atoms with E-state index < -0.39 is 12.0 Å². The van der Waals surface area contributed by atoms with Crippen molar-refractivity contribution in [2.75, 3.05) is 38.4 Å². The molecule has 43 heavy (non-hydrogen) atoms. The van der Waals surface area contributed by atoms with Gasteiger partial charge in [0, 0.05) is 30.1 Å². The third-order valence-corrected chi connectivity index (χ3v) is 7.74. The van der Waals surface area contributed by atoms with Crippen LogP contribution in [0.5, 0.6) is 0 Å². The van der Waals surface area contributed by atoms with Crippen molar-refractivity contribution in [3.63, 3.8) is 0 Å². The summed E-state index contributed by atoms with van der Waals surface area (Å²) in [5, 5.41) is 14.5. The number of ether oxygens (including phenoxy) is 3. The predicted octanol–water partition coefficient (Wildman–Crippen LogP) is 6.14. The van der Waals surface area contributed by atoms with Gasteiger partial charge in [0.25, 0.3) is 6.43 Å². The number of aromatic nitrogens is 3. The Morgan fingerprint density at radius 3 is 2.47 bits per heavy atom. The van der Waals surface area contributed by atoms with Crippen molar-refractivity contribution in [3.8, 4) is 11.3 Å². The Morgan fingerprint density at radius 1 is 1.02 bits per heavy atom. The summed E-state index contributed by atoms with van der Waals surface area (Å²) in [7, 11) is 0. The molecule has 1 fully saturated rings. The number of nitrogens with zero attached hydrogens (tertiary/aromatic N) is 3. The molecule has 11 heteroatoms. The Bertz CT molecular complexity index is 1330. The zero-order valence-corrected chi connectivity index (χ0v) is 24.9. The molecule has 9 nitrogen and oxygen atoms in total. The highest BCUT2D eigenvalue weighted by atomic mass is 19.3. The lowest BCUT2D eigenvalue weighted by molar-refractivity contribution is -0.152. The van der Waals surface area contributed by atoms with Crippen molar-refractivity contribution in [3.05, 3.63) is 65.6 Å². The number of alkyl halides is 2. The Labute approximate surface area is 251 Å². The van der Waals surface area contributed by atoms with Crippen LogP contribution in [0.4, 0.5) is 20.4 Å². The minimum atomic E-state index is -2.59. The number of aliphatic hydroxyl groups is 1. The predicted molar refractivity (Wildman–Crippen MR) is 158 cm³/mol. The number of nitrogens with one attached hydrogen (secondary N) is 1. The molecule has 2 N–H and O–H groups in total. The summed E-state index contributed by atoms with van der Waals surface area (Å²) in [5.41, 5.74) is 1.55. The second-order valence-electron chi connectivity index (χ2n) is 10.9. The van der Waals surface area contributed by atoms with Gasteiger partial charge in [-0.25, -0.2) is 18.7 Å². The fourth-order valence-electron chi connectivity index (χ4n) is 5.29. The van der Waals surface area contributed by atoms with Gasteiger partial charge in [0.05, 0.1) is 37.1 Å². The van der Waals surface area contributed by atoms with E-state index in [9.17, 15) is 18.7 Å². The lowest BCUT2D eigenvalue weighted by Crippen LogP contribution is -2.37. The Morgan fingerprint density at radius 2 is 1.77 bits per heavy atom. The van der Waals surface area contributed by atoms with E-state index in [1.54, 1.807) is 25.3 Å². The standard InChI is InChI=1S/C32H40F2N4O5/c1-4-41-13-14-42-15-16-43-31(39)22-5-8-25(9-6-22)32(3,40)27-10-7-24(20-36-27)26-17-21(2)18-29(37-26)38-28-19-23(30(33)34)11-12-35-28/h7,10-12,17-20,22,25,30,40H,4-6,8-9,13-16H2,1-3H3,(H,35,37,38). The number of aryl methyl sites for hydroxylation is 1. The molecule has 3 aromatic rings. The van der Waals surface area contributed by atoms with Crippen molar-refractivity contribution in [1.29, 1.82) is 0 Å². The van der Waals surface area contributed by atoms with Crippen molar-refractivity contribution < 1.29 is 32.9 Å². The van der Waals surface area contributed by atoms with E-state index in [-0.39, 0.29) is 35.8 Å². The number of esters is 1. The van der Waals surface area contributed by atoms with Crippen LogP contribution in [-0.4, -0.2) is 59.1 Å². The van der Waals surface area contributed by atoms with E-state index in [4.69, 9.17) is 14.2 Å². The van der Waals surface area contributed by atoms with Crippen molar-refractivity contribution >= 4 is 17.6 Å². The first-order valence-electron chi connectivity index (χ1n) is 14.7. The van der Waals surface area contributed by atoms with Crippen LogP contribution in [0.15, 0.2) is 48.8 Å². The minimum absolute atomic E-state index is 0.0544. The maximum Gasteiger partial charge on any atom is 0.309 e. The smallest absolute Gasteiger partial charge is 0.309 e. The van der Waals surface area contributed by atoms with Crippen LogP contribution >= 0.6 is 0 Å². The van der Waals surface area contributed by atoms with Gasteiger partial charge in [0.1, 0.15) is 23.8 Å². The number of anilines is 2. The van der Waals surface area contributed by atoms with Gasteiger partial charge < -0.3 is 24.6 Å². The fourth-order valence-corrected chi connectivity index (χ4v) is 5.29. The molecular weight excluding hydrogens is 558 g/mol. The van der Waals surface area contributed by atoms with Crippen LogP contribution in [0.25, 0.3) is 11.3 Å². The van der Waals surface area contributed by atoms with Gasteiger partial charge in [-0.1, -0.05) is 0 Å². The quantitative estimate of drug-likeness (QED) is 0.167. The maximum atomic E-state index is 13.1. The minimum Gasteiger partial charge on any atom is -0.463 e. The molecule has 3 heterocycles. The average Bonchev–Trinajstić information content (AvgIpc) is 3.00. The maximum absolute atomic E-state index is 13.1. The fraction of sp³-hybridized carbons (Fsp3) is 0.500. The molecule has 3 aromatic heterocycles. The lowest BCUT2D eigenvalue weighted by atomic mass is 9.73. The van der Waals surface area contributed by atoms with Crippen molar-refractivity contribution in [1.82, 2.24) is 15.0 Å². The number of hydrogen-bond donors (Lipinski definition) is 2. The highest BCUT2D eigenvalue weighted by Crippen LogP contribution is 2.41. The van der Waals surface area contributed by atoms with Gasteiger partial charge in [-0.15, -0.1) is 0 Å². The summed E-state index contributed by atoms with van der Waals surface area (Å²) in [6.45, 7) is 7.80. The molecule has 0 spiro atoms.